The van der Waals surface area contributed by atoms with Crippen LogP contribution in [0, 0.1) is 16.7 Å². The Balaban J connectivity index is 1.99. The Hall–Kier alpha value is -1.57. The number of hydrogen-bond donors (Lipinski definition) is 0. The number of Topliss-reactive ketones (excluding diaryl/α,β-unsaturated/α-hetero) is 1. The van der Waals surface area contributed by atoms with Crippen LogP contribution in [-0.2, 0) is 4.79 Å². The molecule has 0 N–H and O–H groups in total. The smallest absolute Gasteiger partial charge is 0.165 e. The monoisotopic (exact) mass is 270 g/mol. The largest absolute Gasteiger partial charge is 0.497 e. The van der Waals surface area contributed by atoms with Gasteiger partial charge in [-0.05, 0) is 53.5 Å². The number of methoxy groups -OCH3 is 1. The van der Waals surface area contributed by atoms with Crippen molar-refractivity contribution in [1.82, 2.24) is 0 Å². The molecule has 2 nitrogen and oxygen atoms in total. The first-order valence-corrected chi connectivity index (χ1v) is 7.30. The van der Waals surface area contributed by atoms with Crippen molar-refractivity contribution in [2.24, 2.45) is 16.7 Å². The van der Waals surface area contributed by atoms with E-state index in [1.165, 1.54) is 0 Å². The lowest BCUT2D eigenvalue weighted by Crippen LogP contribution is -2.32. The van der Waals surface area contributed by atoms with E-state index in [0.29, 0.717) is 11.7 Å². The molecule has 2 aliphatic carbocycles. The van der Waals surface area contributed by atoms with Crippen LogP contribution in [0.3, 0.4) is 0 Å². The summed E-state index contributed by atoms with van der Waals surface area (Å²) in [5.41, 5.74) is 2.02. The Morgan fingerprint density at radius 3 is 2.35 bits per heavy atom. The molecule has 1 aromatic carbocycles. The molecule has 2 heteroatoms. The zero-order chi connectivity index (χ0) is 14.5. The molecule has 2 bridgehead atoms. The molecule has 0 amide bonds. The fraction of sp³-hybridized carbons (Fsp3) is 0.500. The van der Waals surface area contributed by atoms with Crippen molar-refractivity contribution >= 4 is 11.9 Å². The molecular weight excluding hydrogens is 248 g/mol. The third kappa shape index (κ3) is 1.60. The summed E-state index contributed by atoms with van der Waals surface area (Å²) in [6, 6.07) is 7.91. The second-order valence-electron chi connectivity index (χ2n) is 6.85. The minimum absolute atomic E-state index is 0.0857. The molecule has 20 heavy (non-hydrogen) atoms. The van der Waals surface area contributed by atoms with Gasteiger partial charge in [-0.15, -0.1) is 0 Å². The Bertz CT molecular complexity index is 580. The summed E-state index contributed by atoms with van der Waals surface area (Å²) < 4.78 is 5.17. The van der Waals surface area contributed by atoms with Crippen LogP contribution in [0.1, 0.15) is 39.2 Å². The zero-order valence-corrected chi connectivity index (χ0v) is 12.7. The van der Waals surface area contributed by atoms with Gasteiger partial charge in [0.15, 0.2) is 5.78 Å². The van der Waals surface area contributed by atoms with Gasteiger partial charge in [-0.3, -0.25) is 4.79 Å². The number of rotatable bonds is 2. The first-order chi connectivity index (χ1) is 9.40. The second-order valence-corrected chi connectivity index (χ2v) is 6.85. The van der Waals surface area contributed by atoms with Gasteiger partial charge in [0.2, 0.25) is 0 Å². The SMILES string of the molecule is COc1ccc(/C=C2/C(=O)[C@]3(C)CC[C@H]2C3(C)C)cc1. The topological polar surface area (TPSA) is 26.3 Å². The van der Waals surface area contributed by atoms with Crippen LogP contribution in [0.4, 0.5) is 0 Å². The van der Waals surface area contributed by atoms with E-state index in [1.807, 2.05) is 24.3 Å². The molecule has 1 aromatic rings. The van der Waals surface area contributed by atoms with Crippen LogP contribution in [0.15, 0.2) is 29.8 Å². The van der Waals surface area contributed by atoms with Crippen molar-refractivity contribution in [1.29, 1.82) is 0 Å². The average molecular weight is 270 g/mol. The quantitative estimate of drug-likeness (QED) is 0.756. The van der Waals surface area contributed by atoms with Crippen molar-refractivity contribution in [3.63, 3.8) is 0 Å². The Labute approximate surface area is 120 Å². The van der Waals surface area contributed by atoms with Gasteiger partial charge in [0, 0.05) is 5.41 Å². The molecule has 3 rings (SSSR count). The summed E-state index contributed by atoms with van der Waals surface area (Å²) >= 11 is 0. The van der Waals surface area contributed by atoms with Crippen molar-refractivity contribution < 1.29 is 9.53 Å². The molecule has 2 atom stereocenters. The minimum atomic E-state index is -0.171. The predicted molar refractivity (Wildman–Crippen MR) is 80.6 cm³/mol. The molecule has 2 fully saturated rings. The number of ether oxygens (including phenoxy) is 1. The first-order valence-electron chi connectivity index (χ1n) is 7.30. The highest BCUT2D eigenvalue weighted by Crippen LogP contribution is 2.65. The van der Waals surface area contributed by atoms with Crippen LogP contribution >= 0.6 is 0 Å². The van der Waals surface area contributed by atoms with Gasteiger partial charge in [-0.2, -0.15) is 0 Å². The average Bonchev–Trinajstić information content (AvgIpc) is 2.74. The standard InChI is InChI=1S/C18H22O2/c1-17(2)15-9-10-18(17,3)16(19)14(15)11-12-5-7-13(20-4)8-6-12/h5-8,11,15H,9-10H2,1-4H3/b14-11+/t15-,18+/m1/s1. The lowest BCUT2D eigenvalue weighted by Gasteiger charge is -2.31. The Kier molecular flexibility index (Phi) is 2.82. The summed E-state index contributed by atoms with van der Waals surface area (Å²) in [6.45, 7) is 6.64. The Morgan fingerprint density at radius 1 is 1.20 bits per heavy atom. The van der Waals surface area contributed by atoms with Crippen LogP contribution < -0.4 is 4.74 Å². The molecule has 0 radical (unpaired) electrons. The number of carbonyl (C=O) groups excluding carboxylic acids is 1. The molecule has 0 saturated heterocycles. The Morgan fingerprint density at radius 2 is 1.85 bits per heavy atom. The van der Waals surface area contributed by atoms with E-state index in [0.717, 1.165) is 29.7 Å². The molecule has 0 unspecified atom stereocenters. The minimum Gasteiger partial charge on any atom is -0.497 e. The number of hydrogen-bond acceptors (Lipinski definition) is 2. The van der Waals surface area contributed by atoms with E-state index in [1.54, 1.807) is 7.11 Å². The maximum atomic E-state index is 12.7. The maximum absolute atomic E-state index is 12.7. The molecule has 0 aliphatic heterocycles. The summed E-state index contributed by atoms with van der Waals surface area (Å²) in [5.74, 6) is 1.61. The van der Waals surface area contributed by atoms with E-state index >= 15 is 0 Å². The normalized spacial score (nSPS) is 32.9. The molecule has 0 spiro atoms. The lowest BCUT2D eigenvalue weighted by atomic mass is 9.70. The zero-order valence-electron chi connectivity index (χ0n) is 12.7. The maximum Gasteiger partial charge on any atom is 0.165 e. The van der Waals surface area contributed by atoms with Crippen LogP contribution in [0.25, 0.3) is 6.08 Å². The van der Waals surface area contributed by atoms with Gasteiger partial charge >= 0.3 is 0 Å². The molecule has 2 aliphatic rings. The number of ketones is 1. The fourth-order valence-electron chi connectivity index (χ4n) is 3.97. The van der Waals surface area contributed by atoms with Crippen molar-refractivity contribution in [3.05, 3.63) is 35.4 Å². The van der Waals surface area contributed by atoms with Gasteiger partial charge in [-0.1, -0.05) is 32.9 Å². The third-order valence-electron chi connectivity index (χ3n) is 5.80. The van der Waals surface area contributed by atoms with Crippen molar-refractivity contribution in [3.8, 4) is 5.75 Å². The molecule has 106 valence electrons. The summed E-state index contributed by atoms with van der Waals surface area (Å²) in [6.07, 6.45) is 4.25. The first kappa shape index (κ1) is 13.4. The van der Waals surface area contributed by atoms with Crippen LogP contribution in [0.2, 0.25) is 0 Å². The second kappa shape index (κ2) is 4.21. The summed E-state index contributed by atoms with van der Waals surface area (Å²) in [5, 5.41) is 0. The van der Waals surface area contributed by atoms with Crippen molar-refractivity contribution in [2.45, 2.75) is 33.6 Å². The van der Waals surface area contributed by atoms with E-state index in [2.05, 4.69) is 26.8 Å². The number of carbonyl (C=O) groups is 1. The van der Waals surface area contributed by atoms with Crippen LogP contribution in [0.5, 0.6) is 5.75 Å². The summed E-state index contributed by atoms with van der Waals surface area (Å²) in [7, 11) is 1.66. The van der Waals surface area contributed by atoms with Gasteiger partial charge < -0.3 is 4.74 Å². The summed E-state index contributed by atoms with van der Waals surface area (Å²) in [4.78, 5) is 12.7. The van der Waals surface area contributed by atoms with E-state index in [4.69, 9.17) is 4.74 Å². The molecule has 0 heterocycles. The van der Waals surface area contributed by atoms with Crippen molar-refractivity contribution in [2.75, 3.05) is 7.11 Å². The van der Waals surface area contributed by atoms with Gasteiger partial charge in [0.1, 0.15) is 5.75 Å². The van der Waals surface area contributed by atoms with Gasteiger partial charge in [0.25, 0.3) is 0 Å². The van der Waals surface area contributed by atoms with Crippen LogP contribution in [-0.4, -0.2) is 12.9 Å². The van der Waals surface area contributed by atoms with Gasteiger partial charge in [0.05, 0.1) is 7.11 Å². The highest BCUT2D eigenvalue weighted by atomic mass is 16.5. The van der Waals surface area contributed by atoms with E-state index in [9.17, 15) is 4.79 Å². The molecule has 2 saturated carbocycles. The highest BCUT2D eigenvalue weighted by Gasteiger charge is 2.63. The van der Waals surface area contributed by atoms with Gasteiger partial charge in [-0.25, -0.2) is 0 Å². The van der Waals surface area contributed by atoms with E-state index < -0.39 is 0 Å². The number of allylic oxidation sites excluding steroid dienone is 1. The molecular formula is C18H22O2. The third-order valence-corrected chi connectivity index (χ3v) is 5.80. The predicted octanol–water partition coefficient (Wildman–Crippen LogP) is 4.10. The lowest BCUT2D eigenvalue weighted by molar-refractivity contribution is -0.125. The van der Waals surface area contributed by atoms with E-state index in [-0.39, 0.29) is 10.8 Å². The fourth-order valence-corrected chi connectivity index (χ4v) is 3.97. The number of fused-ring (bicyclic) bond motifs is 2. The highest BCUT2D eigenvalue weighted by molar-refractivity contribution is 6.07. The number of benzene rings is 1. The molecule has 0 aromatic heterocycles.